The lowest BCUT2D eigenvalue weighted by molar-refractivity contribution is -0.237. The SMILES string of the molecule is C[C@]12CC[C@H]3[C@@H](CC[C@]4(O)C[C@H](O)CC[C@]34/C=N\NC(=O)c3ccc(Br)cc3)[C@]1(O)CC[C@H]2C1=CC(=O)OC1. The van der Waals surface area contributed by atoms with Crippen molar-refractivity contribution < 1.29 is 29.6 Å². The number of fused-ring (bicyclic) bond motifs is 5. The van der Waals surface area contributed by atoms with Crippen LogP contribution in [0.15, 0.2) is 45.5 Å². The van der Waals surface area contributed by atoms with Gasteiger partial charge < -0.3 is 20.1 Å². The van der Waals surface area contributed by atoms with E-state index in [0.29, 0.717) is 44.3 Å². The fourth-order valence-electron chi connectivity index (χ4n) is 9.23. The maximum atomic E-state index is 12.8. The molecule has 4 N–H and O–H groups in total. The highest BCUT2D eigenvalue weighted by atomic mass is 79.9. The summed E-state index contributed by atoms with van der Waals surface area (Å²) in [5, 5.41) is 39.6. The van der Waals surface area contributed by atoms with Crippen LogP contribution in [0.4, 0.5) is 0 Å². The quantitative estimate of drug-likeness (QED) is 0.236. The molecule has 9 heteroatoms. The van der Waals surface area contributed by atoms with Gasteiger partial charge in [0.2, 0.25) is 0 Å². The summed E-state index contributed by atoms with van der Waals surface area (Å²) in [6.45, 7) is 2.46. The first-order valence-electron chi connectivity index (χ1n) is 14.1. The predicted molar refractivity (Wildman–Crippen MR) is 148 cm³/mol. The molecule has 0 spiro atoms. The van der Waals surface area contributed by atoms with E-state index in [1.807, 2.05) is 0 Å². The summed E-state index contributed by atoms with van der Waals surface area (Å²) in [5.74, 6) is -0.675. The first-order chi connectivity index (χ1) is 18.5. The Morgan fingerprint density at radius 2 is 1.82 bits per heavy atom. The number of esters is 1. The number of ether oxygens (including phenoxy) is 1. The number of nitrogens with one attached hydrogen (secondary N) is 1. The van der Waals surface area contributed by atoms with Crippen LogP contribution in [-0.2, 0) is 9.53 Å². The van der Waals surface area contributed by atoms with Gasteiger partial charge in [0, 0.05) is 39.6 Å². The fourth-order valence-corrected chi connectivity index (χ4v) is 9.50. The first-order valence-corrected chi connectivity index (χ1v) is 14.9. The number of carbonyl (C=O) groups is 2. The monoisotopic (exact) mass is 600 g/mol. The molecular weight excluding hydrogens is 564 g/mol. The molecule has 0 saturated heterocycles. The number of amides is 1. The number of aliphatic hydroxyl groups is 3. The maximum Gasteiger partial charge on any atom is 0.331 e. The fraction of sp³-hybridized carbons (Fsp3) is 0.633. The minimum Gasteiger partial charge on any atom is -0.458 e. The molecule has 8 atom stereocenters. The van der Waals surface area contributed by atoms with Crippen molar-refractivity contribution in [1.29, 1.82) is 0 Å². The van der Waals surface area contributed by atoms with E-state index < -0.39 is 28.1 Å². The number of halogens is 1. The zero-order valence-corrected chi connectivity index (χ0v) is 23.8. The largest absolute Gasteiger partial charge is 0.458 e. The molecule has 6 rings (SSSR count). The van der Waals surface area contributed by atoms with Gasteiger partial charge in [0.05, 0.1) is 17.3 Å². The lowest BCUT2D eigenvalue weighted by Crippen LogP contribution is -2.68. The summed E-state index contributed by atoms with van der Waals surface area (Å²) in [7, 11) is 0. The van der Waals surface area contributed by atoms with Gasteiger partial charge in [-0.05, 0) is 99.0 Å². The average Bonchev–Trinajstić information content (AvgIpc) is 3.44. The van der Waals surface area contributed by atoms with Crippen molar-refractivity contribution in [2.24, 2.45) is 33.7 Å². The van der Waals surface area contributed by atoms with Gasteiger partial charge in [-0.3, -0.25) is 4.79 Å². The Morgan fingerprint density at radius 3 is 2.54 bits per heavy atom. The first kappa shape index (κ1) is 27.1. The highest BCUT2D eigenvalue weighted by molar-refractivity contribution is 9.10. The van der Waals surface area contributed by atoms with Crippen LogP contribution in [0.25, 0.3) is 0 Å². The topological polar surface area (TPSA) is 128 Å². The van der Waals surface area contributed by atoms with Crippen LogP contribution in [0.1, 0.15) is 75.1 Å². The summed E-state index contributed by atoms with van der Waals surface area (Å²) in [6, 6.07) is 7.01. The Hall–Kier alpha value is -2.07. The molecule has 0 bridgehead atoms. The maximum absolute atomic E-state index is 12.8. The molecule has 8 nitrogen and oxygen atoms in total. The molecule has 1 heterocycles. The lowest BCUT2D eigenvalue weighted by atomic mass is 9.41. The van der Waals surface area contributed by atoms with Gasteiger partial charge in [-0.2, -0.15) is 5.10 Å². The van der Waals surface area contributed by atoms with Crippen LogP contribution in [-0.4, -0.2) is 57.3 Å². The Labute approximate surface area is 237 Å². The van der Waals surface area contributed by atoms with Crippen molar-refractivity contribution in [3.63, 3.8) is 0 Å². The van der Waals surface area contributed by atoms with Gasteiger partial charge in [-0.1, -0.05) is 22.9 Å². The molecule has 5 aliphatic rings. The average molecular weight is 602 g/mol. The van der Waals surface area contributed by atoms with Crippen LogP contribution < -0.4 is 5.43 Å². The summed E-state index contributed by atoms with van der Waals surface area (Å²) in [5.41, 5.74) is 0.820. The molecule has 4 aliphatic carbocycles. The Morgan fingerprint density at radius 1 is 1.08 bits per heavy atom. The summed E-state index contributed by atoms with van der Waals surface area (Å²) >= 11 is 3.38. The number of hydrogen-bond donors (Lipinski definition) is 4. The van der Waals surface area contributed by atoms with Crippen LogP contribution >= 0.6 is 15.9 Å². The van der Waals surface area contributed by atoms with Crippen LogP contribution in [0, 0.1) is 28.6 Å². The van der Waals surface area contributed by atoms with E-state index in [1.165, 1.54) is 0 Å². The third-order valence-electron chi connectivity index (χ3n) is 11.2. The minimum absolute atomic E-state index is 0.0515. The third kappa shape index (κ3) is 4.06. The van der Waals surface area contributed by atoms with Gasteiger partial charge in [0.1, 0.15) is 6.61 Å². The van der Waals surface area contributed by atoms with Gasteiger partial charge >= 0.3 is 5.97 Å². The lowest BCUT2D eigenvalue weighted by Gasteiger charge is -2.65. The predicted octanol–water partition coefficient (Wildman–Crippen LogP) is 3.88. The molecule has 4 fully saturated rings. The molecular formula is C30H37BrN2O6. The number of hydrogen-bond acceptors (Lipinski definition) is 7. The van der Waals surface area contributed by atoms with Crippen molar-refractivity contribution in [3.8, 4) is 0 Å². The number of cyclic esters (lactones) is 1. The Balaban J connectivity index is 1.32. The number of hydrazone groups is 1. The van der Waals surface area contributed by atoms with E-state index in [9.17, 15) is 24.9 Å². The van der Waals surface area contributed by atoms with Gasteiger partial charge in [-0.25, -0.2) is 10.2 Å². The second-order valence-electron chi connectivity index (χ2n) is 12.7. The number of aliphatic hydroxyl groups excluding tert-OH is 1. The van der Waals surface area contributed by atoms with Crippen LogP contribution in [0.2, 0.25) is 0 Å². The van der Waals surface area contributed by atoms with E-state index in [0.717, 1.165) is 29.3 Å². The van der Waals surface area contributed by atoms with Gasteiger partial charge in [0.25, 0.3) is 5.91 Å². The number of rotatable bonds is 4. The van der Waals surface area contributed by atoms with Crippen molar-refractivity contribution in [3.05, 3.63) is 46.0 Å². The number of benzene rings is 1. The molecule has 4 saturated carbocycles. The van der Waals surface area contributed by atoms with Crippen LogP contribution in [0.5, 0.6) is 0 Å². The Bertz CT molecular complexity index is 1230. The third-order valence-corrected chi connectivity index (χ3v) is 11.7. The zero-order chi connectivity index (χ0) is 27.6. The molecule has 210 valence electrons. The summed E-state index contributed by atoms with van der Waals surface area (Å²) in [6.07, 6.45) is 8.14. The molecule has 1 aromatic rings. The highest BCUT2D eigenvalue weighted by Gasteiger charge is 2.71. The number of nitrogens with zero attached hydrogens (tertiary/aromatic N) is 1. The molecule has 0 aromatic heterocycles. The molecule has 1 aromatic carbocycles. The number of carbonyl (C=O) groups excluding carboxylic acids is 2. The van der Waals surface area contributed by atoms with Gasteiger partial charge in [0.15, 0.2) is 0 Å². The van der Waals surface area contributed by atoms with Crippen molar-refractivity contribution in [2.45, 2.75) is 82.0 Å². The Kier molecular flexibility index (Phi) is 6.61. The zero-order valence-electron chi connectivity index (χ0n) is 22.2. The van der Waals surface area contributed by atoms with Crippen molar-refractivity contribution in [1.82, 2.24) is 5.43 Å². The second kappa shape index (κ2) is 9.50. The van der Waals surface area contributed by atoms with E-state index >= 15 is 0 Å². The molecule has 0 radical (unpaired) electrons. The molecule has 1 amide bonds. The minimum atomic E-state index is -1.17. The van der Waals surface area contributed by atoms with E-state index in [1.54, 1.807) is 36.6 Å². The summed E-state index contributed by atoms with van der Waals surface area (Å²) in [4.78, 5) is 24.6. The van der Waals surface area contributed by atoms with E-state index in [-0.39, 0.29) is 36.1 Å². The van der Waals surface area contributed by atoms with E-state index in [4.69, 9.17) is 4.74 Å². The van der Waals surface area contributed by atoms with Crippen molar-refractivity contribution >= 4 is 34.0 Å². The molecule has 39 heavy (non-hydrogen) atoms. The highest BCUT2D eigenvalue weighted by Crippen LogP contribution is 2.70. The molecule has 0 unspecified atom stereocenters. The smallest absolute Gasteiger partial charge is 0.331 e. The second-order valence-corrected chi connectivity index (χ2v) is 13.6. The summed E-state index contributed by atoms with van der Waals surface area (Å²) < 4.78 is 6.10. The van der Waals surface area contributed by atoms with Gasteiger partial charge in [-0.15, -0.1) is 0 Å². The van der Waals surface area contributed by atoms with Crippen molar-refractivity contribution in [2.75, 3.05) is 6.61 Å². The van der Waals surface area contributed by atoms with Crippen LogP contribution in [0.3, 0.4) is 0 Å². The standard InChI is InChI=1S/C30H37BrN2O6/c1-27-10-7-23-24(30(27,38)13-9-22(27)19-14-25(35)39-16-19)8-12-29(37)15-21(34)6-11-28(23,29)17-32-33-26(36)18-2-4-20(31)5-3-18/h2-5,14,17,21-24,34,37-38H,6-13,15-16H2,1H3,(H,33,36)/b32-17-/t21-,22+,23+,24-,27-,28+,29+,30-/m1/s1. The van der Waals surface area contributed by atoms with E-state index in [2.05, 4.69) is 33.4 Å². The molecule has 1 aliphatic heterocycles. The normalized spacial score (nSPS) is 43.3.